The molecule has 2 rings (SSSR count). The van der Waals surface area contributed by atoms with E-state index in [2.05, 4.69) is 16.0 Å². The summed E-state index contributed by atoms with van der Waals surface area (Å²) >= 11 is 0. The molecule has 0 saturated carbocycles. The van der Waals surface area contributed by atoms with Crippen molar-refractivity contribution in [3.05, 3.63) is 17.7 Å². The van der Waals surface area contributed by atoms with Crippen molar-refractivity contribution in [3.8, 4) is 5.75 Å². The first-order valence-electron chi connectivity index (χ1n) is 8.09. The molecule has 2 amide bonds. The molecule has 0 aliphatic carbocycles. The molecule has 7 heteroatoms. The highest BCUT2D eigenvalue weighted by molar-refractivity contribution is 5.97. The van der Waals surface area contributed by atoms with Gasteiger partial charge in [-0.3, -0.25) is 14.9 Å². The average Bonchev–Trinajstić information content (AvgIpc) is 2.46. The van der Waals surface area contributed by atoms with Crippen molar-refractivity contribution in [2.24, 2.45) is 0 Å². The third-order valence-corrected chi connectivity index (χ3v) is 3.59. The smallest absolute Gasteiger partial charge is 0.224 e. The number of nitrogens with one attached hydrogen (secondary N) is 3. The summed E-state index contributed by atoms with van der Waals surface area (Å²) in [5, 5.41) is 18.5. The van der Waals surface area contributed by atoms with Crippen LogP contribution in [-0.2, 0) is 16.0 Å². The van der Waals surface area contributed by atoms with Gasteiger partial charge in [-0.05, 0) is 38.8 Å². The quantitative estimate of drug-likeness (QED) is 0.596. The fourth-order valence-corrected chi connectivity index (χ4v) is 2.62. The second-order valence-electron chi connectivity index (χ2n) is 6.42. The molecule has 0 aromatic heterocycles. The van der Waals surface area contributed by atoms with Crippen molar-refractivity contribution in [3.63, 3.8) is 0 Å². The molecule has 1 aliphatic heterocycles. The van der Waals surface area contributed by atoms with Crippen molar-refractivity contribution >= 4 is 23.2 Å². The lowest BCUT2D eigenvalue weighted by Gasteiger charge is -2.30. The van der Waals surface area contributed by atoms with Gasteiger partial charge in [-0.1, -0.05) is 6.92 Å². The maximum atomic E-state index is 11.6. The normalized spacial score (nSPS) is 15.3. The molecule has 1 aromatic carbocycles. The van der Waals surface area contributed by atoms with Crippen LogP contribution in [0, 0.1) is 0 Å². The standard InChI is InChI=1S/C17H25N3O4/c1-5-15(20-17(3,4)23)24-16-11-6-9-14(22)19-12(11)7-8-13(16)18-10(2)21/h7-8,15,20,23H,5-6,9H2,1-4H3,(H,18,21)(H,19,22). The van der Waals surface area contributed by atoms with E-state index in [0.717, 1.165) is 5.56 Å². The number of amides is 2. The van der Waals surface area contributed by atoms with Crippen LogP contribution in [0.3, 0.4) is 0 Å². The SMILES string of the molecule is CCC(NC(C)(C)O)Oc1c(NC(C)=O)ccc2c1CCC(=O)N2. The van der Waals surface area contributed by atoms with E-state index < -0.39 is 12.0 Å². The number of aliphatic hydroxyl groups is 1. The highest BCUT2D eigenvalue weighted by Gasteiger charge is 2.25. The zero-order chi connectivity index (χ0) is 17.9. The van der Waals surface area contributed by atoms with Crippen LogP contribution in [0.1, 0.15) is 46.1 Å². The number of carbonyl (C=O) groups excluding carboxylic acids is 2. The van der Waals surface area contributed by atoms with E-state index in [1.54, 1.807) is 26.0 Å². The minimum Gasteiger partial charge on any atom is -0.473 e. The van der Waals surface area contributed by atoms with E-state index in [9.17, 15) is 14.7 Å². The van der Waals surface area contributed by atoms with Gasteiger partial charge in [0.15, 0.2) is 12.0 Å². The topological polar surface area (TPSA) is 99.7 Å². The Morgan fingerprint density at radius 1 is 1.42 bits per heavy atom. The molecule has 1 unspecified atom stereocenters. The summed E-state index contributed by atoms with van der Waals surface area (Å²) in [6, 6.07) is 3.47. The van der Waals surface area contributed by atoms with Gasteiger partial charge in [0.2, 0.25) is 11.8 Å². The van der Waals surface area contributed by atoms with Crippen LogP contribution in [0.4, 0.5) is 11.4 Å². The molecule has 132 valence electrons. The molecule has 4 N–H and O–H groups in total. The van der Waals surface area contributed by atoms with Crippen LogP contribution in [-0.4, -0.2) is 28.9 Å². The number of benzene rings is 1. The van der Waals surface area contributed by atoms with E-state index in [0.29, 0.717) is 36.4 Å². The van der Waals surface area contributed by atoms with Crippen LogP contribution in [0.15, 0.2) is 12.1 Å². The van der Waals surface area contributed by atoms with Crippen molar-refractivity contribution in [2.75, 3.05) is 10.6 Å². The second-order valence-corrected chi connectivity index (χ2v) is 6.42. The highest BCUT2D eigenvalue weighted by Crippen LogP contribution is 2.38. The zero-order valence-electron chi connectivity index (χ0n) is 14.5. The summed E-state index contributed by atoms with van der Waals surface area (Å²) in [6.07, 6.45) is 1.06. The van der Waals surface area contributed by atoms with Crippen LogP contribution in [0.2, 0.25) is 0 Å². The predicted molar refractivity (Wildman–Crippen MR) is 91.8 cm³/mol. The van der Waals surface area contributed by atoms with Crippen LogP contribution in [0.25, 0.3) is 0 Å². The maximum Gasteiger partial charge on any atom is 0.224 e. The van der Waals surface area contributed by atoms with Gasteiger partial charge >= 0.3 is 0 Å². The van der Waals surface area contributed by atoms with Crippen molar-refractivity contribution in [1.82, 2.24) is 5.32 Å². The summed E-state index contributed by atoms with van der Waals surface area (Å²) in [4.78, 5) is 23.1. The molecule has 0 radical (unpaired) electrons. The molecule has 1 heterocycles. The van der Waals surface area contributed by atoms with Crippen LogP contribution in [0.5, 0.6) is 5.75 Å². The van der Waals surface area contributed by atoms with Gasteiger partial charge in [0.1, 0.15) is 5.72 Å². The largest absolute Gasteiger partial charge is 0.473 e. The Morgan fingerprint density at radius 2 is 2.12 bits per heavy atom. The van der Waals surface area contributed by atoms with Crippen LogP contribution >= 0.6 is 0 Å². The minimum atomic E-state index is -1.10. The molecule has 0 bridgehead atoms. The van der Waals surface area contributed by atoms with E-state index in [1.165, 1.54) is 6.92 Å². The Balaban J connectivity index is 2.38. The van der Waals surface area contributed by atoms with E-state index in [4.69, 9.17) is 4.74 Å². The molecule has 0 fully saturated rings. The van der Waals surface area contributed by atoms with Gasteiger partial charge in [0, 0.05) is 24.6 Å². The Labute approximate surface area is 141 Å². The number of rotatable bonds is 6. The number of fused-ring (bicyclic) bond motifs is 1. The lowest BCUT2D eigenvalue weighted by atomic mass is 10.0. The summed E-state index contributed by atoms with van der Waals surface area (Å²) in [5.41, 5.74) is 0.983. The maximum absolute atomic E-state index is 11.6. The molecule has 1 atom stereocenters. The monoisotopic (exact) mass is 335 g/mol. The fraction of sp³-hybridized carbons (Fsp3) is 0.529. The van der Waals surface area contributed by atoms with Gasteiger partial charge in [0.05, 0.1) is 5.69 Å². The Morgan fingerprint density at radius 3 is 2.71 bits per heavy atom. The van der Waals surface area contributed by atoms with Gasteiger partial charge < -0.3 is 20.5 Å². The third kappa shape index (κ3) is 4.69. The van der Waals surface area contributed by atoms with E-state index >= 15 is 0 Å². The molecule has 0 spiro atoms. The lowest BCUT2D eigenvalue weighted by molar-refractivity contribution is -0.116. The minimum absolute atomic E-state index is 0.0395. The van der Waals surface area contributed by atoms with Gasteiger partial charge in [-0.2, -0.15) is 0 Å². The number of anilines is 2. The van der Waals surface area contributed by atoms with Gasteiger partial charge in [-0.15, -0.1) is 0 Å². The third-order valence-electron chi connectivity index (χ3n) is 3.59. The zero-order valence-corrected chi connectivity index (χ0v) is 14.5. The first-order chi connectivity index (χ1) is 11.2. The number of hydrogen-bond donors (Lipinski definition) is 4. The number of ether oxygens (including phenoxy) is 1. The Kier molecular flexibility index (Phi) is 5.46. The van der Waals surface area contributed by atoms with Gasteiger partial charge in [-0.25, -0.2) is 0 Å². The summed E-state index contributed by atoms with van der Waals surface area (Å²) < 4.78 is 6.07. The summed E-state index contributed by atoms with van der Waals surface area (Å²) in [6.45, 7) is 6.62. The Hall–Kier alpha value is -2.12. The van der Waals surface area contributed by atoms with Crippen molar-refractivity contribution in [1.29, 1.82) is 0 Å². The highest BCUT2D eigenvalue weighted by atomic mass is 16.5. The fourth-order valence-electron chi connectivity index (χ4n) is 2.62. The van der Waals surface area contributed by atoms with E-state index in [1.807, 2.05) is 6.92 Å². The predicted octanol–water partition coefficient (Wildman–Crippen LogP) is 1.96. The molecular weight excluding hydrogens is 310 g/mol. The average molecular weight is 335 g/mol. The lowest BCUT2D eigenvalue weighted by Crippen LogP contribution is -2.48. The number of carbonyl (C=O) groups is 2. The summed E-state index contributed by atoms with van der Waals surface area (Å²) in [5.74, 6) is 0.275. The molecule has 24 heavy (non-hydrogen) atoms. The molecule has 1 aliphatic rings. The molecule has 1 aromatic rings. The Bertz CT molecular complexity index is 637. The first-order valence-corrected chi connectivity index (χ1v) is 8.09. The van der Waals surface area contributed by atoms with Crippen molar-refractivity contribution in [2.45, 2.75) is 58.9 Å². The molecule has 7 nitrogen and oxygen atoms in total. The van der Waals surface area contributed by atoms with Gasteiger partial charge in [0.25, 0.3) is 0 Å². The summed E-state index contributed by atoms with van der Waals surface area (Å²) in [7, 11) is 0. The van der Waals surface area contributed by atoms with E-state index in [-0.39, 0.29) is 11.8 Å². The van der Waals surface area contributed by atoms with Crippen LogP contribution < -0.4 is 20.7 Å². The first kappa shape index (κ1) is 18.2. The second kappa shape index (κ2) is 7.19. The molecule has 0 saturated heterocycles. The molecular formula is C17H25N3O4. The van der Waals surface area contributed by atoms with Crippen molar-refractivity contribution < 1.29 is 19.4 Å². The number of hydrogen-bond acceptors (Lipinski definition) is 5.